The van der Waals surface area contributed by atoms with Crippen LogP contribution in [0.25, 0.3) is 0 Å². The predicted octanol–water partition coefficient (Wildman–Crippen LogP) is 11.3. The molecule has 0 atom stereocenters. The molecule has 0 bridgehead atoms. The quantitative estimate of drug-likeness (QED) is 0.189. The van der Waals surface area contributed by atoms with E-state index in [4.69, 9.17) is 0 Å². The Kier molecular flexibility index (Phi) is 16.2. The molecule has 0 nitrogen and oxygen atoms in total. The van der Waals surface area contributed by atoms with Gasteiger partial charge in [-0.25, -0.2) is 0 Å². The molecule has 0 spiro atoms. The molecular weight excluding hydrogens is 372 g/mol. The van der Waals surface area contributed by atoms with Crippen molar-refractivity contribution in [1.82, 2.24) is 0 Å². The summed E-state index contributed by atoms with van der Waals surface area (Å²) in [5.41, 5.74) is 0. The van der Waals surface area contributed by atoms with Crippen LogP contribution in [-0.4, -0.2) is 0 Å². The Morgan fingerprint density at radius 3 is 0.968 bits per heavy atom. The minimum Gasteiger partial charge on any atom is -0.0654 e. The maximum absolute atomic E-state index is 2.32. The largest absolute Gasteiger partial charge is 0.0654 e. The second-order valence-electron chi connectivity index (χ2n) is 11.7. The van der Waals surface area contributed by atoms with Crippen LogP contribution in [0.4, 0.5) is 0 Å². The van der Waals surface area contributed by atoms with Gasteiger partial charge in [0.1, 0.15) is 0 Å². The molecular formula is C31H60. The van der Waals surface area contributed by atoms with Crippen molar-refractivity contribution < 1.29 is 0 Å². The molecule has 2 aliphatic rings. The first-order chi connectivity index (χ1) is 15.3. The van der Waals surface area contributed by atoms with Gasteiger partial charge in [0, 0.05) is 0 Å². The van der Waals surface area contributed by atoms with Crippen LogP contribution in [0.3, 0.4) is 0 Å². The highest BCUT2D eigenvalue weighted by molar-refractivity contribution is 4.82. The average molecular weight is 433 g/mol. The lowest BCUT2D eigenvalue weighted by Crippen LogP contribution is -2.25. The van der Waals surface area contributed by atoms with Crippen molar-refractivity contribution >= 4 is 0 Å². The monoisotopic (exact) mass is 432 g/mol. The summed E-state index contributed by atoms with van der Waals surface area (Å²) in [7, 11) is 0. The molecule has 0 aromatic carbocycles. The minimum absolute atomic E-state index is 1.09. The maximum Gasteiger partial charge on any atom is -0.0386 e. The van der Waals surface area contributed by atoms with Crippen molar-refractivity contribution in [3.63, 3.8) is 0 Å². The first-order valence-corrected chi connectivity index (χ1v) is 15.3. The van der Waals surface area contributed by atoms with E-state index in [2.05, 4.69) is 13.8 Å². The Morgan fingerprint density at radius 1 is 0.355 bits per heavy atom. The highest BCUT2D eigenvalue weighted by atomic mass is 14.4. The Labute approximate surface area is 198 Å². The highest BCUT2D eigenvalue weighted by Crippen LogP contribution is 2.43. The van der Waals surface area contributed by atoms with Gasteiger partial charge in [0.15, 0.2) is 0 Å². The SMILES string of the molecule is CCCCCCCCCCC1CCC([C@H]2CC[C@H](CCCCCCCCC)CC2)CC1. The number of rotatable bonds is 18. The fourth-order valence-electron chi connectivity index (χ4n) is 6.85. The molecule has 2 aliphatic carbocycles. The van der Waals surface area contributed by atoms with E-state index < -0.39 is 0 Å². The van der Waals surface area contributed by atoms with E-state index in [0.29, 0.717) is 0 Å². The first kappa shape index (κ1) is 27.2. The second-order valence-corrected chi connectivity index (χ2v) is 11.7. The van der Waals surface area contributed by atoms with Gasteiger partial charge in [0.05, 0.1) is 0 Å². The van der Waals surface area contributed by atoms with Crippen molar-refractivity contribution in [3.05, 3.63) is 0 Å². The lowest BCUT2D eigenvalue weighted by Gasteiger charge is -2.38. The average Bonchev–Trinajstić information content (AvgIpc) is 2.81. The summed E-state index contributed by atoms with van der Waals surface area (Å²) < 4.78 is 0. The van der Waals surface area contributed by atoms with E-state index in [-0.39, 0.29) is 0 Å². The molecule has 2 fully saturated rings. The van der Waals surface area contributed by atoms with Crippen molar-refractivity contribution in [2.75, 3.05) is 0 Å². The molecule has 0 N–H and O–H groups in total. The fourth-order valence-corrected chi connectivity index (χ4v) is 6.85. The smallest absolute Gasteiger partial charge is 0.0386 e. The van der Waals surface area contributed by atoms with Gasteiger partial charge in [-0.15, -0.1) is 0 Å². The third-order valence-corrected chi connectivity index (χ3v) is 9.13. The summed E-state index contributed by atoms with van der Waals surface area (Å²) in [6.45, 7) is 4.64. The molecule has 0 unspecified atom stereocenters. The number of hydrogen-bond acceptors (Lipinski definition) is 0. The van der Waals surface area contributed by atoms with Gasteiger partial charge in [0.2, 0.25) is 0 Å². The van der Waals surface area contributed by atoms with Gasteiger partial charge in [-0.05, 0) is 49.4 Å². The summed E-state index contributed by atoms with van der Waals surface area (Å²) in [6.07, 6.45) is 37.8. The van der Waals surface area contributed by atoms with Crippen LogP contribution in [-0.2, 0) is 0 Å². The zero-order valence-corrected chi connectivity index (χ0v) is 22.0. The van der Waals surface area contributed by atoms with Crippen LogP contribution in [0.2, 0.25) is 0 Å². The van der Waals surface area contributed by atoms with Gasteiger partial charge < -0.3 is 0 Å². The van der Waals surface area contributed by atoms with Gasteiger partial charge in [-0.1, -0.05) is 149 Å². The standard InChI is InChI=1S/C31H60/c1-3-5-7-9-11-13-15-17-19-29-22-26-31(27-23-29)30-24-20-28(21-25-30)18-16-14-12-10-8-6-4-2/h28-31H,3-27H2,1-2H3/t28-,29?,30-,31?. The zero-order chi connectivity index (χ0) is 22.0. The van der Waals surface area contributed by atoms with Crippen molar-refractivity contribution in [3.8, 4) is 0 Å². The van der Waals surface area contributed by atoms with E-state index in [9.17, 15) is 0 Å². The lowest BCUT2D eigenvalue weighted by atomic mass is 9.68. The molecule has 0 amide bonds. The Balaban J connectivity index is 1.42. The lowest BCUT2D eigenvalue weighted by molar-refractivity contribution is 0.139. The Hall–Kier alpha value is 0. The molecule has 0 radical (unpaired) electrons. The van der Waals surface area contributed by atoms with E-state index in [1.165, 1.54) is 96.3 Å². The molecule has 2 saturated carbocycles. The Bertz CT molecular complexity index is 369. The summed E-state index contributed by atoms with van der Waals surface area (Å²) in [4.78, 5) is 0. The molecule has 0 aromatic rings. The third-order valence-electron chi connectivity index (χ3n) is 9.13. The molecule has 0 saturated heterocycles. The van der Waals surface area contributed by atoms with Crippen LogP contribution in [0.15, 0.2) is 0 Å². The first-order valence-electron chi connectivity index (χ1n) is 15.3. The predicted molar refractivity (Wildman–Crippen MR) is 141 cm³/mol. The summed E-state index contributed by atoms with van der Waals surface area (Å²) in [5.74, 6) is 4.39. The fraction of sp³-hybridized carbons (Fsp3) is 1.00. The zero-order valence-electron chi connectivity index (χ0n) is 22.0. The Morgan fingerprint density at radius 2 is 0.645 bits per heavy atom. The van der Waals surface area contributed by atoms with Crippen molar-refractivity contribution in [1.29, 1.82) is 0 Å². The van der Waals surface area contributed by atoms with E-state index in [1.54, 1.807) is 64.2 Å². The molecule has 31 heavy (non-hydrogen) atoms. The van der Waals surface area contributed by atoms with Crippen LogP contribution in [0, 0.1) is 23.7 Å². The van der Waals surface area contributed by atoms with Gasteiger partial charge in [-0.2, -0.15) is 0 Å². The van der Waals surface area contributed by atoms with Crippen LogP contribution >= 0.6 is 0 Å². The molecule has 0 heterocycles. The van der Waals surface area contributed by atoms with Crippen molar-refractivity contribution in [2.45, 2.75) is 174 Å². The topological polar surface area (TPSA) is 0 Å². The van der Waals surface area contributed by atoms with Gasteiger partial charge >= 0.3 is 0 Å². The van der Waals surface area contributed by atoms with E-state index >= 15 is 0 Å². The molecule has 0 heteroatoms. The van der Waals surface area contributed by atoms with Crippen LogP contribution < -0.4 is 0 Å². The normalized spacial score (nSPS) is 26.9. The van der Waals surface area contributed by atoms with Crippen molar-refractivity contribution in [2.24, 2.45) is 23.7 Å². The summed E-state index contributed by atoms with van der Waals surface area (Å²) in [5, 5.41) is 0. The maximum atomic E-state index is 2.32. The van der Waals surface area contributed by atoms with E-state index in [1.807, 2.05) is 0 Å². The molecule has 0 aliphatic heterocycles. The van der Waals surface area contributed by atoms with Gasteiger partial charge in [-0.3, -0.25) is 0 Å². The summed E-state index contributed by atoms with van der Waals surface area (Å²) in [6, 6.07) is 0. The second kappa shape index (κ2) is 18.4. The summed E-state index contributed by atoms with van der Waals surface area (Å²) >= 11 is 0. The number of unbranched alkanes of at least 4 members (excludes halogenated alkanes) is 13. The number of hydrogen-bond donors (Lipinski definition) is 0. The molecule has 2 rings (SSSR count). The van der Waals surface area contributed by atoms with Crippen LogP contribution in [0.5, 0.6) is 0 Å². The highest BCUT2D eigenvalue weighted by Gasteiger charge is 2.30. The minimum atomic E-state index is 1.09. The molecule has 184 valence electrons. The van der Waals surface area contributed by atoms with Crippen LogP contribution in [0.1, 0.15) is 174 Å². The molecule has 0 aromatic heterocycles. The van der Waals surface area contributed by atoms with E-state index in [0.717, 1.165) is 23.7 Å². The van der Waals surface area contributed by atoms with Gasteiger partial charge in [0.25, 0.3) is 0 Å². The third kappa shape index (κ3) is 12.7.